The summed E-state index contributed by atoms with van der Waals surface area (Å²) in [5.74, 6) is -0.196. The van der Waals surface area contributed by atoms with Gasteiger partial charge in [-0.1, -0.05) is 54.6 Å². The van der Waals surface area contributed by atoms with Crippen molar-refractivity contribution < 1.29 is 13.2 Å². The van der Waals surface area contributed by atoms with Gasteiger partial charge in [-0.25, -0.2) is 13.4 Å². The normalized spacial score (nSPS) is 11.7. The first kappa shape index (κ1) is 21.2. The Balaban J connectivity index is 1.46. The van der Waals surface area contributed by atoms with Crippen LogP contribution in [0.5, 0.6) is 0 Å². The minimum Gasteiger partial charge on any atom is -0.302 e. The summed E-state index contributed by atoms with van der Waals surface area (Å²) in [6.07, 6.45) is 0.144. The van der Waals surface area contributed by atoms with Gasteiger partial charge in [0.05, 0.1) is 22.3 Å². The molecule has 0 fully saturated rings. The van der Waals surface area contributed by atoms with Crippen molar-refractivity contribution in [2.24, 2.45) is 0 Å². The molecule has 0 aliphatic heterocycles. The van der Waals surface area contributed by atoms with Crippen LogP contribution in [0.4, 0.5) is 5.13 Å². The number of thiazole rings is 1. The fourth-order valence-corrected chi connectivity index (χ4v) is 5.11. The SMILES string of the molecule is CC(C)S(=O)(=O)c1ccc(CC(=O)Nc2nc(-c3cccc4ccccc34)cs2)cc1. The number of sulfone groups is 1. The van der Waals surface area contributed by atoms with Crippen molar-refractivity contribution in [1.29, 1.82) is 0 Å². The van der Waals surface area contributed by atoms with Crippen molar-refractivity contribution in [3.8, 4) is 11.3 Å². The van der Waals surface area contributed by atoms with Crippen molar-refractivity contribution >= 4 is 43.0 Å². The van der Waals surface area contributed by atoms with E-state index in [4.69, 9.17) is 0 Å². The molecule has 1 N–H and O–H groups in total. The highest BCUT2D eigenvalue weighted by Gasteiger charge is 2.19. The van der Waals surface area contributed by atoms with E-state index in [1.165, 1.54) is 11.3 Å². The molecular formula is C24H22N2O3S2. The lowest BCUT2D eigenvalue weighted by atomic mass is 10.0. The molecule has 0 aliphatic rings. The van der Waals surface area contributed by atoms with E-state index in [2.05, 4.69) is 28.5 Å². The average Bonchev–Trinajstić information content (AvgIpc) is 3.21. The molecule has 1 heterocycles. The highest BCUT2D eigenvalue weighted by atomic mass is 32.2. The van der Waals surface area contributed by atoms with Gasteiger partial charge in [0.15, 0.2) is 15.0 Å². The summed E-state index contributed by atoms with van der Waals surface area (Å²) in [6, 6.07) is 20.7. The van der Waals surface area contributed by atoms with Gasteiger partial charge in [0, 0.05) is 10.9 Å². The lowest BCUT2D eigenvalue weighted by Crippen LogP contribution is -2.15. The second kappa shape index (κ2) is 8.61. The molecule has 0 saturated heterocycles. The summed E-state index contributed by atoms with van der Waals surface area (Å²) in [5.41, 5.74) is 2.59. The second-order valence-corrected chi connectivity index (χ2v) is 10.9. The highest BCUT2D eigenvalue weighted by molar-refractivity contribution is 7.92. The molecule has 1 amide bonds. The summed E-state index contributed by atoms with van der Waals surface area (Å²) < 4.78 is 24.4. The molecule has 158 valence electrons. The fourth-order valence-electron chi connectivity index (χ4n) is 3.32. The van der Waals surface area contributed by atoms with Crippen molar-refractivity contribution in [2.45, 2.75) is 30.4 Å². The number of nitrogens with zero attached hydrogens (tertiary/aromatic N) is 1. The van der Waals surface area contributed by atoms with E-state index in [1.54, 1.807) is 38.1 Å². The van der Waals surface area contributed by atoms with E-state index < -0.39 is 15.1 Å². The highest BCUT2D eigenvalue weighted by Crippen LogP contribution is 2.31. The number of amides is 1. The molecule has 4 aromatic rings. The van der Waals surface area contributed by atoms with Crippen LogP contribution in [0.15, 0.2) is 77.0 Å². The Morgan fingerprint density at radius 2 is 1.71 bits per heavy atom. The minimum atomic E-state index is -3.32. The molecule has 0 bridgehead atoms. The number of carbonyl (C=O) groups is 1. The largest absolute Gasteiger partial charge is 0.302 e. The molecule has 0 spiro atoms. The van der Waals surface area contributed by atoms with Crippen molar-refractivity contribution in [2.75, 3.05) is 5.32 Å². The number of carbonyl (C=O) groups excluding carboxylic acids is 1. The van der Waals surface area contributed by atoms with Crippen LogP contribution in [0.3, 0.4) is 0 Å². The monoisotopic (exact) mass is 450 g/mol. The van der Waals surface area contributed by atoms with Gasteiger partial charge in [-0.15, -0.1) is 11.3 Å². The molecule has 31 heavy (non-hydrogen) atoms. The zero-order chi connectivity index (χ0) is 22.0. The van der Waals surface area contributed by atoms with Crippen LogP contribution < -0.4 is 5.32 Å². The topological polar surface area (TPSA) is 76.1 Å². The molecule has 0 atom stereocenters. The van der Waals surface area contributed by atoms with Crippen LogP contribution in [0, 0.1) is 0 Å². The Labute approximate surface area is 185 Å². The van der Waals surface area contributed by atoms with Gasteiger partial charge in [-0.05, 0) is 42.3 Å². The van der Waals surface area contributed by atoms with E-state index in [0.717, 1.165) is 27.6 Å². The molecule has 0 radical (unpaired) electrons. The number of nitrogens with one attached hydrogen (secondary N) is 1. The third-order valence-electron chi connectivity index (χ3n) is 5.05. The fraction of sp³-hybridized carbons (Fsp3) is 0.167. The maximum atomic E-state index is 12.5. The van der Waals surface area contributed by atoms with Crippen LogP contribution in [-0.4, -0.2) is 24.6 Å². The average molecular weight is 451 g/mol. The summed E-state index contributed by atoms with van der Waals surface area (Å²) in [7, 11) is -3.32. The standard InChI is InChI=1S/C24H22N2O3S2/c1-16(2)31(28,29)19-12-10-17(11-13-19)14-23(27)26-24-25-22(15-30-24)21-9-5-7-18-6-3-4-8-20(18)21/h3-13,15-16H,14H2,1-2H3,(H,25,26,27). The Hall–Kier alpha value is -3.03. The van der Waals surface area contributed by atoms with Crippen LogP contribution in [0.1, 0.15) is 19.4 Å². The summed E-state index contributed by atoms with van der Waals surface area (Å²) in [6.45, 7) is 3.30. The van der Waals surface area contributed by atoms with Crippen LogP contribution in [0.25, 0.3) is 22.0 Å². The van der Waals surface area contributed by atoms with Gasteiger partial charge >= 0.3 is 0 Å². The summed E-state index contributed by atoms with van der Waals surface area (Å²) in [5, 5.41) is 7.08. The first-order chi connectivity index (χ1) is 14.8. The number of rotatable bonds is 6. The maximum Gasteiger partial charge on any atom is 0.230 e. The first-order valence-electron chi connectivity index (χ1n) is 9.91. The first-order valence-corrected chi connectivity index (χ1v) is 12.3. The Morgan fingerprint density at radius 3 is 2.45 bits per heavy atom. The third kappa shape index (κ3) is 4.52. The van der Waals surface area contributed by atoms with Gasteiger partial charge in [-0.2, -0.15) is 0 Å². The summed E-state index contributed by atoms with van der Waals surface area (Å²) in [4.78, 5) is 17.3. The van der Waals surface area contributed by atoms with E-state index in [-0.39, 0.29) is 17.2 Å². The van der Waals surface area contributed by atoms with E-state index in [0.29, 0.717) is 5.13 Å². The second-order valence-electron chi connectivity index (χ2n) is 7.53. The smallest absolute Gasteiger partial charge is 0.230 e. The molecule has 4 rings (SSSR count). The quantitative estimate of drug-likeness (QED) is 0.431. The van der Waals surface area contributed by atoms with E-state index >= 15 is 0 Å². The van der Waals surface area contributed by atoms with E-state index in [1.807, 2.05) is 29.6 Å². The van der Waals surface area contributed by atoms with Crippen LogP contribution in [-0.2, 0) is 21.1 Å². The Morgan fingerprint density at radius 1 is 1.00 bits per heavy atom. The summed E-state index contributed by atoms with van der Waals surface area (Å²) >= 11 is 1.38. The van der Waals surface area contributed by atoms with Crippen LogP contribution >= 0.6 is 11.3 Å². The number of hydrogen-bond donors (Lipinski definition) is 1. The predicted molar refractivity (Wildman–Crippen MR) is 126 cm³/mol. The Kier molecular flexibility index (Phi) is 5.89. The van der Waals surface area contributed by atoms with Gasteiger partial charge < -0.3 is 5.32 Å². The van der Waals surface area contributed by atoms with Gasteiger partial charge in [0.25, 0.3) is 0 Å². The number of anilines is 1. The molecule has 0 saturated carbocycles. The van der Waals surface area contributed by atoms with Crippen molar-refractivity contribution in [3.05, 3.63) is 77.7 Å². The predicted octanol–water partition coefficient (Wildman–Crippen LogP) is 5.33. The molecule has 7 heteroatoms. The van der Waals surface area contributed by atoms with Crippen molar-refractivity contribution in [1.82, 2.24) is 4.98 Å². The number of benzene rings is 3. The lowest BCUT2D eigenvalue weighted by Gasteiger charge is -2.08. The number of hydrogen-bond acceptors (Lipinski definition) is 5. The van der Waals surface area contributed by atoms with Crippen LogP contribution in [0.2, 0.25) is 0 Å². The molecule has 0 unspecified atom stereocenters. The molecular weight excluding hydrogens is 428 g/mol. The maximum absolute atomic E-state index is 12.5. The number of fused-ring (bicyclic) bond motifs is 1. The molecule has 1 aromatic heterocycles. The minimum absolute atomic E-state index is 0.144. The van der Waals surface area contributed by atoms with Gasteiger partial charge in [-0.3, -0.25) is 4.79 Å². The third-order valence-corrected chi connectivity index (χ3v) is 7.98. The molecule has 3 aromatic carbocycles. The zero-order valence-corrected chi connectivity index (χ0v) is 18.8. The molecule has 0 aliphatic carbocycles. The van der Waals surface area contributed by atoms with E-state index in [9.17, 15) is 13.2 Å². The number of aromatic nitrogens is 1. The Bertz CT molecular complexity index is 1340. The molecule has 5 nitrogen and oxygen atoms in total. The van der Waals surface area contributed by atoms with Crippen molar-refractivity contribution in [3.63, 3.8) is 0 Å². The lowest BCUT2D eigenvalue weighted by molar-refractivity contribution is -0.115. The van der Waals surface area contributed by atoms with Gasteiger partial charge in [0.2, 0.25) is 5.91 Å². The van der Waals surface area contributed by atoms with Gasteiger partial charge in [0.1, 0.15) is 0 Å². The zero-order valence-electron chi connectivity index (χ0n) is 17.2.